The number of benzene rings is 5. The van der Waals surface area contributed by atoms with E-state index in [4.69, 9.17) is 19.4 Å². The van der Waals surface area contributed by atoms with Crippen molar-refractivity contribution in [1.29, 1.82) is 0 Å². The number of hydrogen-bond acceptors (Lipinski definition) is 5. The van der Waals surface area contributed by atoms with E-state index >= 15 is 0 Å². The lowest BCUT2D eigenvalue weighted by Gasteiger charge is -2.22. The number of nitrogens with zero attached hydrogens (tertiary/aromatic N) is 3. The third kappa shape index (κ3) is 5.05. The minimum Gasteiger partial charge on any atom is -0.460 e. The van der Waals surface area contributed by atoms with Crippen molar-refractivity contribution in [2.45, 2.75) is 12.3 Å². The van der Waals surface area contributed by atoms with Crippen LogP contribution in [-0.4, -0.2) is 15.0 Å². The molecule has 4 nitrogen and oxygen atoms in total. The van der Waals surface area contributed by atoms with Gasteiger partial charge in [0.05, 0.1) is 0 Å². The molecular weight excluding hydrogens is 607 g/mol. The summed E-state index contributed by atoms with van der Waals surface area (Å²) in [6.45, 7) is 3.96. The van der Waals surface area contributed by atoms with Crippen molar-refractivity contribution in [3.63, 3.8) is 0 Å². The molecule has 0 bridgehead atoms. The Labute approximate surface area is 282 Å². The molecular formula is C43H29N3OS. The van der Waals surface area contributed by atoms with E-state index in [0.29, 0.717) is 17.5 Å². The van der Waals surface area contributed by atoms with Crippen LogP contribution in [0.5, 0.6) is 0 Å². The number of thiophene rings is 1. The van der Waals surface area contributed by atoms with Crippen molar-refractivity contribution in [3.05, 3.63) is 174 Å². The van der Waals surface area contributed by atoms with Crippen LogP contribution in [-0.2, 0) is 6.42 Å². The Morgan fingerprint density at radius 3 is 2.06 bits per heavy atom. The number of hydrogen-bond donors (Lipinski definition) is 0. The second kappa shape index (κ2) is 11.7. The second-order valence-corrected chi connectivity index (χ2v) is 13.2. The van der Waals surface area contributed by atoms with Gasteiger partial charge in [0.2, 0.25) is 0 Å². The van der Waals surface area contributed by atoms with Gasteiger partial charge in [-0.15, -0.1) is 11.3 Å². The highest BCUT2D eigenvalue weighted by Crippen LogP contribution is 2.43. The van der Waals surface area contributed by atoms with Crippen LogP contribution < -0.4 is 0 Å². The SMILES string of the molecule is C=Cc1cc2ccc(-c3nc(C4=CC(c5ccc(-c6ccccc6)cc5)Cc5oc6ccccc6c54)nc(-c4ccccc4)n3)cc2s1. The van der Waals surface area contributed by atoms with Gasteiger partial charge in [-0.05, 0) is 40.3 Å². The zero-order valence-corrected chi connectivity index (χ0v) is 26.8. The fourth-order valence-corrected chi connectivity index (χ4v) is 7.62. The van der Waals surface area contributed by atoms with Gasteiger partial charge < -0.3 is 4.42 Å². The minimum atomic E-state index is 0.0815. The molecule has 3 heterocycles. The maximum atomic E-state index is 6.56. The molecule has 1 unspecified atom stereocenters. The molecule has 0 saturated heterocycles. The first-order valence-corrected chi connectivity index (χ1v) is 16.9. The van der Waals surface area contributed by atoms with Crippen LogP contribution >= 0.6 is 11.3 Å². The molecule has 5 heteroatoms. The molecule has 228 valence electrons. The number of para-hydroxylation sites is 1. The molecule has 5 aromatic carbocycles. The van der Waals surface area contributed by atoms with Gasteiger partial charge in [-0.2, -0.15) is 0 Å². The first kappa shape index (κ1) is 28.3. The third-order valence-corrected chi connectivity index (χ3v) is 10.2. The van der Waals surface area contributed by atoms with Crippen molar-refractivity contribution >= 4 is 44.0 Å². The maximum Gasteiger partial charge on any atom is 0.164 e. The van der Waals surface area contributed by atoms with Crippen LogP contribution in [0, 0.1) is 0 Å². The Bertz CT molecular complexity index is 2490. The first-order valence-electron chi connectivity index (χ1n) is 16.1. The summed E-state index contributed by atoms with van der Waals surface area (Å²) in [4.78, 5) is 16.5. The van der Waals surface area contributed by atoms with E-state index in [1.165, 1.54) is 26.8 Å². The van der Waals surface area contributed by atoms with Crippen LogP contribution in [0.2, 0.25) is 0 Å². The molecule has 8 aromatic rings. The van der Waals surface area contributed by atoms with E-state index in [1.807, 2.05) is 54.6 Å². The summed E-state index contributed by atoms with van der Waals surface area (Å²) in [6.07, 6.45) is 4.98. The second-order valence-electron chi connectivity index (χ2n) is 12.1. The molecule has 3 aromatic heterocycles. The molecule has 1 aliphatic carbocycles. The Morgan fingerprint density at radius 1 is 0.646 bits per heavy atom. The van der Waals surface area contributed by atoms with Gasteiger partial charge in [0, 0.05) is 49.6 Å². The third-order valence-electron chi connectivity index (χ3n) is 9.06. The van der Waals surface area contributed by atoms with Gasteiger partial charge in [0.25, 0.3) is 0 Å². The van der Waals surface area contributed by atoms with E-state index in [1.54, 1.807) is 11.3 Å². The van der Waals surface area contributed by atoms with E-state index < -0.39 is 0 Å². The number of rotatable bonds is 6. The highest BCUT2D eigenvalue weighted by molar-refractivity contribution is 7.19. The molecule has 0 spiro atoms. The van der Waals surface area contributed by atoms with Gasteiger partial charge in [0.1, 0.15) is 11.3 Å². The van der Waals surface area contributed by atoms with Crippen LogP contribution in [0.3, 0.4) is 0 Å². The van der Waals surface area contributed by atoms with E-state index in [2.05, 4.69) is 97.6 Å². The largest absolute Gasteiger partial charge is 0.460 e. The molecule has 1 aliphatic rings. The average molecular weight is 636 g/mol. The van der Waals surface area contributed by atoms with Crippen molar-refractivity contribution in [3.8, 4) is 33.9 Å². The topological polar surface area (TPSA) is 51.8 Å². The van der Waals surface area contributed by atoms with Gasteiger partial charge >= 0.3 is 0 Å². The molecule has 0 saturated carbocycles. The molecule has 48 heavy (non-hydrogen) atoms. The van der Waals surface area contributed by atoms with Crippen LogP contribution in [0.25, 0.3) is 66.6 Å². The first-order chi connectivity index (χ1) is 23.7. The van der Waals surface area contributed by atoms with Crippen LogP contribution in [0.15, 0.2) is 151 Å². The van der Waals surface area contributed by atoms with Crippen LogP contribution in [0.1, 0.15) is 33.5 Å². The normalized spacial score (nSPS) is 14.2. The van der Waals surface area contributed by atoms with Crippen LogP contribution in [0.4, 0.5) is 0 Å². The van der Waals surface area contributed by atoms with Crippen molar-refractivity contribution in [2.24, 2.45) is 0 Å². The summed E-state index contributed by atoms with van der Waals surface area (Å²) in [6, 6.07) is 46.3. The van der Waals surface area contributed by atoms with E-state index in [9.17, 15) is 0 Å². The predicted molar refractivity (Wildman–Crippen MR) is 198 cm³/mol. The maximum absolute atomic E-state index is 6.56. The summed E-state index contributed by atoms with van der Waals surface area (Å²) < 4.78 is 7.73. The fraction of sp³-hybridized carbons (Fsp3) is 0.0465. The molecule has 0 amide bonds. The lowest BCUT2D eigenvalue weighted by Crippen LogP contribution is -2.11. The summed E-state index contributed by atoms with van der Waals surface area (Å²) >= 11 is 1.72. The van der Waals surface area contributed by atoms with E-state index in [-0.39, 0.29) is 5.92 Å². The number of furan rings is 1. The molecule has 0 aliphatic heterocycles. The van der Waals surface area contributed by atoms with Gasteiger partial charge in [-0.25, -0.2) is 15.0 Å². The Hall–Kier alpha value is -5.91. The Balaban J connectivity index is 1.23. The standard InChI is InChI=1S/C43H29N3OS/c1-2-34-23-31-21-22-32(26-39(31)48-34)42-44-41(30-13-7-4-8-14-30)45-43(46-42)36-24-33(25-38-40(36)35-15-9-10-16-37(35)47-38)29-19-17-28(18-20-29)27-11-5-3-6-12-27/h2-24,26,33H,1,25H2. The quantitative estimate of drug-likeness (QED) is 0.182. The number of aromatic nitrogens is 3. The Kier molecular flexibility index (Phi) is 6.91. The number of fused-ring (bicyclic) bond motifs is 4. The lowest BCUT2D eigenvalue weighted by molar-refractivity contribution is 0.531. The monoisotopic (exact) mass is 635 g/mol. The fourth-order valence-electron chi connectivity index (χ4n) is 6.67. The summed E-state index contributed by atoms with van der Waals surface area (Å²) in [5, 5.41) is 2.25. The predicted octanol–water partition coefficient (Wildman–Crippen LogP) is 11.2. The zero-order valence-electron chi connectivity index (χ0n) is 26.0. The van der Waals surface area contributed by atoms with Crippen molar-refractivity contribution < 1.29 is 4.42 Å². The summed E-state index contributed by atoms with van der Waals surface area (Å²) in [7, 11) is 0. The molecule has 0 radical (unpaired) electrons. The van der Waals surface area contributed by atoms with Crippen molar-refractivity contribution in [2.75, 3.05) is 0 Å². The molecule has 1 atom stereocenters. The van der Waals surface area contributed by atoms with E-state index in [0.717, 1.165) is 50.3 Å². The highest BCUT2D eigenvalue weighted by atomic mass is 32.1. The smallest absolute Gasteiger partial charge is 0.164 e. The molecule has 9 rings (SSSR count). The van der Waals surface area contributed by atoms with Gasteiger partial charge in [0.15, 0.2) is 17.5 Å². The summed E-state index contributed by atoms with van der Waals surface area (Å²) in [5.41, 5.74) is 8.40. The molecule has 0 fully saturated rings. The zero-order chi connectivity index (χ0) is 32.0. The van der Waals surface area contributed by atoms with Gasteiger partial charge in [-0.3, -0.25) is 0 Å². The van der Waals surface area contributed by atoms with Gasteiger partial charge in [-0.1, -0.05) is 134 Å². The molecule has 0 N–H and O–H groups in total. The highest BCUT2D eigenvalue weighted by Gasteiger charge is 2.29. The van der Waals surface area contributed by atoms with Crippen molar-refractivity contribution in [1.82, 2.24) is 15.0 Å². The summed E-state index contributed by atoms with van der Waals surface area (Å²) in [5.74, 6) is 2.94. The Morgan fingerprint density at radius 2 is 1.29 bits per heavy atom. The number of allylic oxidation sites excluding steroid dienone is 1. The minimum absolute atomic E-state index is 0.0815. The average Bonchev–Trinajstić information content (AvgIpc) is 3.76. The lowest BCUT2D eigenvalue weighted by atomic mass is 9.83.